The van der Waals surface area contributed by atoms with Crippen molar-refractivity contribution in [2.75, 3.05) is 0 Å². The molecule has 0 radical (unpaired) electrons. The van der Waals surface area contributed by atoms with Crippen molar-refractivity contribution < 1.29 is 4.79 Å². The van der Waals surface area contributed by atoms with Crippen LogP contribution in [0.15, 0.2) is 0 Å². The first kappa shape index (κ1) is 12.7. The van der Waals surface area contributed by atoms with Gasteiger partial charge in [0.15, 0.2) is 0 Å². The highest BCUT2D eigenvalue weighted by molar-refractivity contribution is 5.85. The van der Waals surface area contributed by atoms with Gasteiger partial charge in [0.05, 0.1) is 6.04 Å². The van der Waals surface area contributed by atoms with E-state index in [1.807, 2.05) is 6.92 Å². The van der Waals surface area contributed by atoms with E-state index in [9.17, 15) is 4.79 Å². The summed E-state index contributed by atoms with van der Waals surface area (Å²) in [5.74, 6) is -0.249. The number of nitrogens with two attached hydrogens (primary N) is 1. The van der Waals surface area contributed by atoms with Crippen molar-refractivity contribution in [1.29, 1.82) is 0 Å². The molecule has 1 amide bonds. The molecule has 3 N–H and O–H groups in total. The molecule has 78 valence electrons. The number of primary amides is 1. The standard InChI is InChI=1S/C9H18N2O.ClH/c1-7(9(10)12)11-8-5-3-2-4-6-8;/h7-8,11H,2-6H2,1H3,(H2,10,12);1H. The van der Waals surface area contributed by atoms with Crippen LogP contribution in [0.2, 0.25) is 0 Å². The molecule has 4 heteroatoms. The normalized spacial score (nSPS) is 20.4. The van der Waals surface area contributed by atoms with Gasteiger partial charge in [0.2, 0.25) is 5.91 Å². The summed E-state index contributed by atoms with van der Waals surface area (Å²) in [4.78, 5) is 10.7. The molecular weight excluding hydrogens is 188 g/mol. The lowest BCUT2D eigenvalue weighted by Crippen LogP contribution is -2.45. The van der Waals surface area contributed by atoms with Gasteiger partial charge in [-0.2, -0.15) is 0 Å². The van der Waals surface area contributed by atoms with E-state index < -0.39 is 0 Å². The lowest BCUT2D eigenvalue weighted by molar-refractivity contribution is -0.119. The zero-order chi connectivity index (χ0) is 8.97. The maximum absolute atomic E-state index is 10.7. The summed E-state index contributed by atoms with van der Waals surface area (Å²) in [6.45, 7) is 1.83. The molecule has 0 aromatic carbocycles. The number of rotatable bonds is 3. The summed E-state index contributed by atoms with van der Waals surface area (Å²) >= 11 is 0. The highest BCUT2D eigenvalue weighted by Gasteiger charge is 2.17. The molecule has 1 aliphatic carbocycles. The van der Waals surface area contributed by atoms with Gasteiger partial charge < -0.3 is 11.1 Å². The number of hydrogen-bond donors (Lipinski definition) is 2. The Bertz CT molecular complexity index is 158. The first-order chi connectivity index (χ1) is 5.70. The SMILES string of the molecule is CC(NC1CCCCC1)C(N)=O.Cl. The van der Waals surface area contributed by atoms with Crippen molar-refractivity contribution >= 4 is 18.3 Å². The second-order valence-electron chi connectivity index (χ2n) is 3.63. The predicted molar refractivity (Wildman–Crippen MR) is 55.9 cm³/mol. The maximum atomic E-state index is 10.7. The van der Waals surface area contributed by atoms with Gasteiger partial charge >= 0.3 is 0 Å². The summed E-state index contributed by atoms with van der Waals surface area (Å²) < 4.78 is 0. The number of amides is 1. The minimum absolute atomic E-state index is 0. The zero-order valence-corrected chi connectivity index (χ0v) is 8.90. The van der Waals surface area contributed by atoms with Crippen molar-refractivity contribution in [3.05, 3.63) is 0 Å². The fraction of sp³-hybridized carbons (Fsp3) is 0.889. The van der Waals surface area contributed by atoms with E-state index >= 15 is 0 Å². The molecule has 1 aliphatic rings. The molecule has 0 aromatic rings. The molecule has 0 saturated heterocycles. The van der Waals surface area contributed by atoms with Gasteiger partial charge in [0, 0.05) is 6.04 Å². The molecule has 0 spiro atoms. The van der Waals surface area contributed by atoms with Crippen molar-refractivity contribution in [3.8, 4) is 0 Å². The monoisotopic (exact) mass is 206 g/mol. The Labute approximate surface area is 85.9 Å². The Balaban J connectivity index is 0.00000144. The summed E-state index contributed by atoms with van der Waals surface area (Å²) in [5, 5.41) is 3.24. The zero-order valence-electron chi connectivity index (χ0n) is 8.08. The predicted octanol–water partition coefficient (Wildman–Crippen LogP) is 1.20. The van der Waals surface area contributed by atoms with Crippen molar-refractivity contribution in [2.45, 2.75) is 51.1 Å². The summed E-state index contributed by atoms with van der Waals surface area (Å²) in [6.07, 6.45) is 6.28. The first-order valence-electron chi connectivity index (χ1n) is 4.75. The van der Waals surface area contributed by atoms with Gasteiger partial charge in [-0.3, -0.25) is 4.79 Å². The van der Waals surface area contributed by atoms with Gasteiger partial charge in [-0.25, -0.2) is 0 Å². The summed E-state index contributed by atoms with van der Waals surface area (Å²) in [7, 11) is 0. The molecule has 1 saturated carbocycles. The molecule has 1 rings (SSSR count). The average Bonchev–Trinajstić information content (AvgIpc) is 2.06. The average molecular weight is 207 g/mol. The molecule has 0 aliphatic heterocycles. The molecule has 1 fully saturated rings. The molecule has 0 aromatic heterocycles. The van der Waals surface area contributed by atoms with Crippen LogP contribution >= 0.6 is 12.4 Å². The third-order valence-electron chi connectivity index (χ3n) is 2.52. The Morgan fingerprint density at radius 2 is 1.92 bits per heavy atom. The van der Waals surface area contributed by atoms with E-state index in [-0.39, 0.29) is 24.4 Å². The lowest BCUT2D eigenvalue weighted by Gasteiger charge is -2.25. The molecule has 1 atom stereocenters. The summed E-state index contributed by atoms with van der Waals surface area (Å²) in [5.41, 5.74) is 5.15. The molecule has 0 bridgehead atoms. The minimum atomic E-state index is -0.249. The van der Waals surface area contributed by atoms with Gasteiger partial charge in [0.1, 0.15) is 0 Å². The maximum Gasteiger partial charge on any atom is 0.234 e. The number of carbonyl (C=O) groups excluding carboxylic acids is 1. The molecular formula is C9H19ClN2O. The van der Waals surface area contributed by atoms with Crippen LogP contribution in [0.4, 0.5) is 0 Å². The minimum Gasteiger partial charge on any atom is -0.368 e. The largest absolute Gasteiger partial charge is 0.368 e. The van der Waals surface area contributed by atoms with Crippen LogP contribution in [-0.2, 0) is 4.79 Å². The molecule has 0 heterocycles. The summed E-state index contributed by atoms with van der Waals surface area (Å²) in [6, 6.07) is 0.342. The molecule has 1 unspecified atom stereocenters. The smallest absolute Gasteiger partial charge is 0.234 e. The first-order valence-corrected chi connectivity index (χ1v) is 4.75. The van der Waals surface area contributed by atoms with E-state index in [0.29, 0.717) is 6.04 Å². The second kappa shape index (κ2) is 6.22. The van der Waals surface area contributed by atoms with Crippen molar-refractivity contribution in [2.24, 2.45) is 5.73 Å². The Morgan fingerprint density at radius 1 is 1.38 bits per heavy atom. The van der Waals surface area contributed by atoms with Crippen LogP contribution < -0.4 is 11.1 Å². The number of nitrogens with one attached hydrogen (secondary N) is 1. The highest BCUT2D eigenvalue weighted by atomic mass is 35.5. The van der Waals surface area contributed by atoms with E-state index in [0.717, 1.165) is 0 Å². The lowest BCUT2D eigenvalue weighted by atomic mass is 9.95. The Kier molecular flexibility index (Phi) is 6.08. The molecule has 3 nitrogen and oxygen atoms in total. The second-order valence-corrected chi connectivity index (χ2v) is 3.63. The topological polar surface area (TPSA) is 55.1 Å². The third-order valence-corrected chi connectivity index (χ3v) is 2.52. The Morgan fingerprint density at radius 3 is 2.38 bits per heavy atom. The van der Waals surface area contributed by atoms with Crippen molar-refractivity contribution in [1.82, 2.24) is 5.32 Å². The van der Waals surface area contributed by atoms with Crippen LogP contribution in [0, 0.1) is 0 Å². The van der Waals surface area contributed by atoms with Gasteiger partial charge in [-0.15, -0.1) is 12.4 Å². The van der Waals surface area contributed by atoms with Crippen molar-refractivity contribution in [3.63, 3.8) is 0 Å². The number of carbonyl (C=O) groups is 1. The van der Waals surface area contributed by atoms with E-state index in [1.54, 1.807) is 0 Å². The molecule has 13 heavy (non-hydrogen) atoms. The third kappa shape index (κ3) is 4.48. The van der Waals surface area contributed by atoms with Crippen LogP contribution in [0.25, 0.3) is 0 Å². The highest BCUT2D eigenvalue weighted by Crippen LogP contribution is 2.17. The Hall–Kier alpha value is -0.280. The van der Waals surface area contributed by atoms with Crippen LogP contribution in [0.1, 0.15) is 39.0 Å². The van der Waals surface area contributed by atoms with Crippen LogP contribution in [-0.4, -0.2) is 18.0 Å². The van der Waals surface area contributed by atoms with E-state index in [2.05, 4.69) is 5.32 Å². The number of halogens is 1. The van der Waals surface area contributed by atoms with Gasteiger partial charge in [-0.1, -0.05) is 19.3 Å². The quantitative estimate of drug-likeness (QED) is 0.729. The van der Waals surface area contributed by atoms with E-state index in [1.165, 1.54) is 32.1 Å². The fourth-order valence-corrected chi connectivity index (χ4v) is 1.70. The fourth-order valence-electron chi connectivity index (χ4n) is 1.70. The van der Waals surface area contributed by atoms with Gasteiger partial charge in [-0.05, 0) is 19.8 Å². The van der Waals surface area contributed by atoms with E-state index in [4.69, 9.17) is 5.73 Å². The van der Waals surface area contributed by atoms with Crippen LogP contribution in [0.5, 0.6) is 0 Å². The van der Waals surface area contributed by atoms with Gasteiger partial charge in [0.25, 0.3) is 0 Å². The van der Waals surface area contributed by atoms with Crippen LogP contribution in [0.3, 0.4) is 0 Å². The number of hydrogen-bond acceptors (Lipinski definition) is 2.